The second-order valence-corrected chi connectivity index (χ2v) is 6.39. The van der Waals surface area contributed by atoms with Gasteiger partial charge in [0, 0.05) is 11.9 Å². The monoisotopic (exact) mass is 467 g/mol. The number of alkyl halides is 3. The fraction of sp³-hybridized carbons (Fsp3) is 0.0526. The Morgan fingerprint density at radius 3 is 2.38 bits per heavy atom. The molecule has 0 saturated heterocycles. The molecule has 0 spiro atoms. The molecule has 0 aliphatic heterocycles. The molecule has 29 heavy (non-hydrogen) atoms. The number of hydrogen-bond donors (Lipinski definition) is 2. The fourth-order valence-electron chi connectivity index (χ4n) is 2.22. The average molecular weight is 468 g/mol. The number of amides is 2. The first-order valence-corrected chi connectivity index (χ1v) is 8.91. The van der Waals surface area contributed by atoms with Crippen molar-refractivity contribution in [2.45, 2.75) is 6.36 Å². The Morgan fingerprint density at radius 2 is 1.69 bits per heavy atom. The van der Waals surface area contributed by atoms with Crippen LogP contribution in [0, 0.1) is 0 Å². The van der Waals surface area contributed by atoms with E-state index in [1.807, 2.05) is 6.07 Å². The second-order valence-electron chi connectivity index (χ2n) is 5.54. The van der Waals surface area contributed by atoms with Crippen molar-refractivity contribution >= 4 is 33.3 Å². The largest absolute Gasteiger partial charge is 0.573 e. The van der Waals surface area contributed by atoms with Gasteiger partial charge in [0.05, 0.1) is 4.47 Å². The first-order valence-electron chi connectivity index (χ1n) is 8.11. The topological polar surface area (TPSA) is 72.5 Å². The zero-order chi connectivity index (χ0) is 20.9. The number of para-hydroxylation sites is 1. The molecule has 2 aromatic carbocycles. The van der Waals surface area contributed by atoms with Crippen molar-refractivity contribution in [1.82, 2.24) is 4.98 Å². The molecule has 3 aromatic rings. The van der Waals surface area contributed by atoms with Gasteiger partial charge < -0.3 is 20.1 Å². The molecule has 6 nitrogen and oxygen atoms in total. The highest BCUT2D eigenvalue weighted by Gasteiger charge is 2.30. The Balaban J connectivity index is 1.66. The van der Waals surface area contributed by atoms with Crippen molar-refractivity contribution in [3.8, 4) is 17.4 Å². The first-order chi connectivity index (χ1) is 13.8. The van der Waals surface area contributed by atoms with E-state index in [0.717, 1.165) is 12.1 Å². The highest BCUT2D eigenvalue weighted by atomic mass is 79.9. The Kier molecular flexibility index (Phi) is 6.23. The molecule has 0 unspecified atom stereocenters. The quantitative estimate of drug-likeness (QED) is 0.469. The summed E-state index contributed by atoms with van der Waals surface area (Å²) in [5.74, 6) is 0.290. The number of nitrogens with one attached hydrogen (secondary N) is 2. The third kappa shape index (κ3) is 6.11. The third-order valence-electron chi connectivity index (χ3n) is 3.41. The van der Waals surface area contributed by atoms with Gasteiger partial charge in [-0.1, -0.05) is 12.1 Å². The first kappa shape index (κ1) is 20.5. The number of urea groups is 1. The number of benzene rings is 2. The van der Waals surface area contributed by atoms with Crippen LogP contribution in [0.4, 0.5) is 29.3 Å². The third-order valence-corrected chi connectivity index (χ3v) is 4.06. The lowest BCUT2D eigenvalue weighted by Gasteiger charge is -2.13. The molecule has 2 N–H and O–H groups in total. The van der Waals surface area contributed by atoms with E-state index in [1.165, 1.54) is 18.3 Å². The number of anilines is 2. The lowest BCUT2D eigenvalue weighted by molar-refractivity contribution is -0.274. The summed E-state index contributed by atoms with van der Waals surface area (Å²) >= 11 is 3.36. The van der Waals surface area contributed by atoms with E-state index < -0.39 is 12.4 Å². The number of nitrogens with zero attached hydrogens (tertiary/aromatic N) is 1. The summed E-state index contributed by atoms with van der Waals surface area (Å²) in [6, 6.07) is 14.5. The summed E-state index contributed by atoms with van der Waals surface area (Å²) in [6.45, 7) is 0. The summed E-state index contributed by atoms with van der Waals surface area (Å²) in [5, 5.41) is 5.09. The minimum Gasteiger partial charge on any atom is -0.436 e. The lowest BCUT2D eigenvalue weighted by Crippen LogP contribution is -2.20. The molecular formula is C19H13BrF3N3O3. The van der Waals surface area contributed by atoms with Gasteiger partial charge in [-0.2, -0.15) is 0 Å². The fourth-order valence-corrected chi connectivity index (χ4v) is 2.59. The van der Waals surface area contributed by atoms with Crippen LogP contribution in [0.2, 0.25) is 0 Å². The van der Waals surface area contributed by atoms with Crippen LogP contribution in [0.1, 0.15) is 0 Å². The van der Waals surface area contributed by atoms with Crippen molar-refractivity contribution in [3.63, 3.8) is 0 Å². The SMILES string of the molecule is O=C(Nc1ccc(OC(F)(F)F)cc1)Nc1cccnc1Oc1ccccc1Br. The Labute approximate surface area is 171 Å². The molecule has 150 valence electrons. The van der Waals surface area contributed by atoms with Crippen LogP contribution in [0.3, 0.4) is 0 Å². The zero-order valence-electron chi connectivity index (χ0n) is 14.5. The van der Waals surface area contributed by atoms with Gasteiger partial charge in [-0.05, 0) is 64.5 Å². The molecule has 0 radical (unpaired) electrons. The summed E-state index contributed by atoms with van der Waals surface area (Å²) in [5.41, 5.74) is 0.576. The average Bonchev–Trinajstić information content (AvgIpc) is 2.65. The van der Waals surface area contributed by atoms with Crippen LogP contribution in [0.25, 0.3) is 0 Å². The maximum atomic E-state index is 12.2. The molecular weight excluding hydrogens is 455 g/mol. The van der Waals surface area contributed by atoms with Gasteiger partial charge in [0.25, 0.3) is 0 Å². The van der Waals surface area contributed by atoms with E-state index in [9.17, 15) is 18.0 Å². The summed E-state index contributed by atoms with van der Waals surface area (Å²) in [4.78, 5) is 16.4. The van der Waals surface area contributed by atoms with Crippen molar-refractivity contribution in [2.75, 3.05) is 10.6 Å². The maximum Gasteiger partial charge on any atom is 0.573 e. The molecule has 2 amide bonds. The van der Waals surface area contributed by atoms with Crippen LogP contribution in [0.5, 0.6) is 17.4 Å². The summed E-state index contributed by atoms with van der Waals surface area (Å²) in [7, 11) is 0. The van der Waals surface area contributed by atoms with Crippen LogP contribution in [-0.2, 0) is 0 Å². The van der Waals surface area contributed by atoms with E-state index in [0.29, 0.717) is 15.9 Å². The minimum absolute atomic E-state index is 0.170. The van der Waals surface area contributed by atoms with Crippen LogP contribution in [0.15, 0.2) is 71.3 Å². The van der Waals surface area contributed by atoms with E-state index in [4.69, 9.17) is 4.74 Å². The predicted octanol–water partition coefficient (Wildman–Crippen LogP) is 6.18. The van der Waals surface area contributed by atoms with Crippen LogP contribution in [-0.4, -0.2) is 17.4 Å². The normalized spacial score (nSPS) is 10.9. The summed E-state index contributed by atoms with van der Waals surface area (Å²) in [6.07, 6.45) is -3.27. The van der Waals surface area contributed by atoms with E-state index in [2.05, 4.69) is 36.3 Å². The molecule has 10 heteroatoms. The molecule has 0 atom stereocenters. The molecule has 3 rings (SSSR count). The number of ether oxygens (including phenoxy) is 2. The number of halogens is 4. The van der Waals surface area contributed by atoms with Crippen LogP contribution >= 0.6 is 15.9 Å². The lowest BCUT2D eigenvalue weighted by atomic mass is 10.3. The van der Waals surface area contributed by atoms with E-state index in [-0.39, 0.29) is 17.3 Å². The van der Waals surface area contributed by atoms with Gasteiger partial charge in [0.2, 0.25) is 5.88 Å². The van der Waals surface area contributed by atoms with Crippen molar-refractivity contribution in [3.05, 3.63) is 71.3 Å². The molecule has 1 aromatic heterocycles. The summed E-state index contributed by atoms with van der Waals surface area (Å²) < 4.78 is 46.8. The van der Waals surface area contributed by atoms with Crippen molar-refractivity contribution in [2.24, 2.45) is 0 Å². The number of rotatable bonds is 5. The van der Waals surface area contributed by atoms with Gasteiger partial charge in [-0.15, -0.1) is 13.2 Å². The van der Waals surface area contributed by atoms with Gasteiger partial charge in [-0.25, -0.2) is 9.78 Å². The molecule has 0 bridgehead atoms. The number of pyridine rings is 1. The molecule has 0 saturated carbocycles. The standard InChI is InChI=1S/C19H13BrF3N3O3/c20-14-4-1-2-6-16(14)28-17-15(5-3-11-24-17)26-18(27)25-12-7-9-13(10-8-12)29-19(21,22)23/h1-11H,(H2,25,26,27). The molecule has 0 aliphatic carbocycles. The van der Waals surface area contributed by atoms with Crippen LogP contribution < -0.4 is 20.1 Å². The number of aromatic nitrogens is 1. The second kappa shape index (κ2) is 8.82. The Morgan fingerprint density at radius 1 is 0.966 bits per heavy atom. The maximum absolute atomic E-state index is 12.2. The predicted molar refractivity (Wildman–Crippen MR) is 104 cm³/mol. The van der Waals surface area contributed by atoms with Gasteiger partial charge in [0.1, 0.15) is 17.2 Å². The van der Waals surface area contributed by atoms with Gasteiger partial charge in [-0.3, -0.25) is 0 Å². The smallest absolute Gasteiger partial charge is 0.436 e. The van der Waals surface area contributed by atoms with Gasteiger partial charge >= 0.3 is 12.4 Å². The highest BCUT2D eigenvalue weighted by molar-refractivity contribution is 9.10. The van der Waals surface area contributed by atoms with E-state index in [1.54, 1.807) is 30.3 Å². The molecule has 1 heterocycles. The van der Waals surface area contributed by atoms with Crippen molar-refractivity contribution < 1.29 is 27.4 Å². The zero-order valence-corrected chi connectivity index (χ0v) is 16.1. The number of hydrogen-bond acceptors (Lipinski definition) is 4. The van der Waals surface area contributed by atoms with Gasteiger partial charge in [0.15, 0.2) is 0 Å². The molecule has 0 aliphatic rings. The number of carbonyl (C=O) groups excluding carboxylic acids is 1. The minimum atomic E-state index is -4.78. The molecule has 0 fully saturated rings. The Hall–Kier alpha value is -3.27. The number of carbonyl (C=O) groups is 1. The van der Waals surface area contributed by atoms with E-state index >= 15 is 0 Å². The Bertz CT molecular complexity index is 998. The highest BCUT2D eigenvalue weighted by Crippen LogP contribution is 2.32. The van der Waals surface area contributed by atoms with Crippen molar-refractivity contribution in [1.29, 1.82) is 0 Å².